The van der Waals surface area contributed by atoms with Crippen LogP contribution in [0.25, 0.3) is 0 Å². The van der Waals surface area contributed by atoms with Gasteiger partial charge in [0, 0.05) is 11.3 Å². The second-order valence-corrected chi connectivity index (χ2v) is 4.84. The second kappa shape index (κ2) is 6.89. The fourth-order valence-electron chi connectivity index (χ4n) is 2.33. The summed E-state index contributed by atoms with van der Waals surface area (Å²) in [6.45, 7) is 5.59. The molecule has 4 nitrogen and oxygen atoms in total. The van der Waals surface area contributed by atoms with Crippen LogP contribution in [0.2, 0.25) is 0 Å². The van der Waals surface area contributed by atoms with E-state index in [9.17, 15) is 15.3 Å². The van der Waals surface area contributed by atoms with E-state index in [1.807, 2.05) is 20.8 Å². The summed E-state index contributed by atoms with van der Waals surface area (Å²) in [5, 5.41) is 30.5. The standard InChI is InChI=1S/C15H25NO3/c1-4-11(17)9-7-8-10(16)15(13(19)6-3)14(9)12(18)5-2/h7-8,11-13,17-19H,4-6,16H2,1-3H3. The molecule has 0 aliphatic rings. The van der Waals surface area contributed by atoms with Crippen LogP contribution in [0.1, 0.15) is 75.0 Å². The van der Waals surface area contributed by atoms with Gasteiger partial charge in [-0.3, -0.25) is 0 Å². The molecule has 0 saturated heterocycles. The number of aliphatic hydroxyl groups excluding tert-OH is 3. The molecule has 19 heavy (non-hydrogen) atoms. The minimum absolute atomic E-state index is 0.462. The normalized spacial score (nSPS) is 16.1. The minimum Gasteiger partial charge on any atom is -0.398 e. The van der Waals surface area contributed by atoms with Gasteiger partial charge in [0.05, 0.1) is 18.3 Å². The lowest BCUT2D eigenvalue weighted by Gasteiger charge is -2.25. The van der Waals surface area contributed by atoms with E-state index < -0.39 is 18.3 Å². The molecule has 0 spiro atoms. The molecule has 0 amide bonds. The molecule has 0 fully saturated rings. The lowest BCUT2D eigenvalue weighted by molar-refractivity contribution is 0.137. The Morgan fingerprint density at radius 3 is 1.79 bits per heavy atom. The lowest BCUT2D eigenvalue weighted by Crippen LogP contribution is -2.14. The van der Waals surface area contributed by atoms with Gasteiger partial charge in [0.15, 0.2) is 0 Å². The molecule has 1 aromatic carbocycles. The van der Waals surface area contributed by atoms with E-state index >= 15 is 0 Å². The van der Waals surface area contributed by atoms with Crippen molar-refractivity contribution in [3.8, 4) is 0 Å². The number of nitrogens with two attached hydrogens (primary N) is 1. The van der Waals surface area contributed by atoms with Crippen LogP contribution in [-0.4, -0.2) is 15.3 Å². The molecule has 5 N–H and O–H groups in total. The summed E-state index contributed by atoms with van der Waals surface area (Å²) in [4.78, 5) is 0. The lowest BCUT2D eigenvalue weighted by atomic mass is 9.87. The third kappa shape index (κ3) is 3.26. The highest BCUT2D eigenvalue weighted by Crippen LogP contribution is 2.37. The average Bonchev–Trinajstić information content (AvgIpc) is 2.44. The number of nitrogen functional groups attached to an aromatic ring is 1. The number of aliphatic hydroxyl groups is 3. The fraction of sp³-hybridized carbons (Fsp3) is 0.600. The third-order valence-corrected chi connectivity index (χ3v) is 3.54. The van der Waals surface area contributed by atoms with Crippen molar-refractivity contribution in [2.75, 3.05) is 5.73 Å². The van der Waals surface area contributed by atoms with E-state index in [1.165, 1.54) is 0 Å². The maximum Gasteiger partial charge on any atom is 0.0811 e. The van der Waals surface area contributed by atoms with Crippen molar-refractivity contribution < 1.29 is 15.3 Å². The summed E-state index contributed by atoms with van der Waals surface area (Å²) < 4.78 is 0. The van der Waals surface area contributed by atoms with Gasteiger partial charge in [0.2, 0.25) is 0 Å². The molecular formula is C15H25NO3. The summed E-state index contributed by atoms with van der Waals surface area (Å²) in [5.41, 5.74) is 8.22. The topological polar surface area (TPSA) is 86.7 Å². The Bertz CT molecular complexity index is 420. The molecule has 0 saturated carbocycles. The largest absolute Gasteiger partial charge is 0.398 e. The molecule has 3 unspecified atom stereocenters. The Balaban J connectivity index is 3.49. The van der Waals surface area contributed by atoms with Gasteiger partial charge in [0.1, 0.15) is 0 Å². The van der Waals surface area contributed by atoms with Gasteiger partial charge in [-0.15, -0.1) is 0 Å². The van der Waals surface area contributed by atoms with Crippen molar-refractivity contribution in [3.05, 3.63) is 28.8 Å². The predicted octanol–water partition coefficient (Wildman–Crippen LogP) is 2.60. The van der Waals surface area contributed by atoms with Crippen LogP contribution in [-0.2, 0) is 0 Å². The quantitative estimate of drug-likeness (QED) is 0.597. The first-order valence-electron chi connectivity index (χ1n) is 6.94. The molecule has 1 rings (SSSR count). The monoisotopic (exact) mass is 267 g/mol. The van der Waals surface area contributed by atoms with Crippen LogP contribution in [0.3, 0.4) is 0 Å². The first kappa shape index (κ1) is 16.0. The van der Waals surface area contributed by atoms with Crippen molar-refractivity contribution in [2.24, 2.45) is 0 Å². The van der Waals surface area contributed by atoms with Crippen molar-refractivity contribution in [2.45, 2.75) is 58.3 Å². The molecule has 3 atom stereocenters. The summed E-state index contributed by atoms with van der Waals surface area (Å²) >= 11 is 0. The highest BCUT2D eigenvalue weighted by atomic mass is 16.3. The number of hydrogen-bond acceptors (Lipinski definition) is 4. The SMILES string of the molecule is CCC(O)c1ccc(N)c(C(O)CC)c1C(O)CC. The first-order chi connectivity index (χ1) is 8.97. The van der Waals surface area contributed by atoms with Crippen LogP contribution in [0.5, 0.6) is 0 Å². The average molecular weight is 267 g/mol. The minimum atomic E-state index is -0.726. The molecule has 1 aromatic rings. The molecule has 0 bridgehead atoms. The Morgan fingerprint density at radius 1 is 0.842 bits per heavy atom. The Kier molecular flexibility index (Phi) is 5.79. The van der Waals surface area contributed by atoms with Crippen LogP contribution >= 0.6 is 0 Å². The van der Waals surface area contributed by atoms with Crippen LogP contribution in [0.4, 0.5) is 5.69 Å². The van der Waals surface area contributed by atoms with E-state index in [1.54, 1.807) is 12.1 Å². The first-order valence-corrected chi connectivity index (χ1v) is 6.94. The van der Waals surface area contributed by atoms with Gasteiger partial charge in [-0.2, -0.15) is 0 Å². The zero-order chi connectivity index (χ0) is 14.6. The maximum atomic E-state index is 10.2. The van der Waals surface area contributed by atoms with Gasteiger partial charge < -0.3 is 21.1 Å². The third-order valence-electron chi connectivity index (χ3n) is 3.54. The fourth-order valence-corrected chi connectivity index (χ4v) is 2.33. The summed E-state index contributed by atoms with van der Waals surface area (Å²) in [6.07, 6.45) is -0.527. The van der Waals surface area contributed by atoms with Crippen molar-refractivity contribution in [1.29, 1.82) is 0 Å². The van der Waals surface area contributed by atoms with Gasteiger partial charge in [-0.05, 0) is 36.5 Å². The van der Waals surface area contributed by atoms with E-state index in [0.29, 0.717) is 41.6 Å². The number of anilines is 1. The van der Waals surface area contributed by atoms with E-state index in [4.69, 9.17) is 5.73 Å². The zero-order valence-corrected chi connectivity index (χ0v) is 11.9. The summed E-state index contributed by atoms with van der Waals surface area (Å²) in [5.74, 6) is 0. The van der Waals surface area contributed by atoms with E-state index in [0.717, 1.165) is 0 Å². The molecule has 0 heterocycles. The van der Waals surface area contributed by atoms with Crippen molar-refractivity contribution in [1.82, 2.24) is 0 Å². The molecule has 0 aliphatic heterocycles. The Labute approximate surface area is 114 Å². The number of benzene rings is 1. The summed E-state index contributed by atoms with van der Waals surface area (Å²) in [6, 6.07) is 3.43. The van der Waals surface area contributed by atoms with Crippen LogP contribution in [0.15, 0.2) is 12.1 Å². The second-order valence-electron chi connectivity index (χ2n) is 4.84. The zero-order valence-electron chi connectivity index (χ0n) is 11.9. The number of rotatable bonds is 6. The maximum absolute atomic E-state index is 10.2. The van der Waals surface area contributed by atoms with E-state index in [-0.39, 0.29) is 0 Å². The van der Waals surface area contributed by atoms with Crippen LogP contribution < -0.4 is 5.73 Å². The predicted molar refractivity (Wildman–Crippen MR) is 76.6 cm³/mol. The molecule has 0 radical (unpaired) electrons. The molecule has 108 valence electrons. The molecular weight excluding hydrogens is 242 g/mol. The van der Waals surface area contributed by atoms with Crippen molar-refractivity contribution >= 4 is 5.69 Å². The smallest absolute Gasteiger partial charge is 0.0811 e. The van der Waals surface area contributed by atoms with E-state index in [2.05, 4.69) is 0 Å². The molecule has 4 heteroatoms. The van der Waals surface area contributed by atoms with Gasteiger partial charge >= 0.3 is 0 Å². The van der Waals surface area contributed by atoms with Gasteiger partial charge in [-0.25, -0.2) is 0 Å². The highest BCUT2D eigenvalue weighted by molar-refractivity contribution is 5.56. The van der Waals surface area contributed by atoms with Crippen molar-refractivity contribution in [3.63, 3.8) is 0 Å². The van der Waals surface area contributed by atoms with Gasteiger partial charge in [-0.1, -0.05) is 26.8 Å². The highest BCUT2D eigenvalue weighted by Gasteiger charge is 2.24. The Hall–Kier alpha value is -1.10. The van der Waals surface area contributed by atoms with Gasteiger partial charge in [0.25, 0.3) is 0 Å². The number of hydrogen-bond donors (Lipinski definition) is 4. The summed E-state index contributed by atoms with van der Waals surface area (Å²) in [7, 11) is 0. The Morgan fingerprint density at radius 2 is 1.32 bits per heavy atom. The molecule has 0 aromatic heterocycles. The molecule has 0 aliphatic carbocycles. The van der Waals surface area contributed by atoms with Crippen LogP contribution in [0, 0.1) is 0 Å².